The average Bonchev–Trinajstić information content (AvgIpc) is 2.61. The van der Waals surface area contributed by atoms with Crippen LogP contribution < -0.4 is 9.47 Å². The molecule has 0 radical (unpaired) electrons. The van der Waals surface area contributed by atoms with E-state index in [4.69, 9.17) is 9.47 Å². The van der Waals surface area contributed by atoms with Gasteiger partial charge in [0.25, 0.3) is 0 Å². The molecule has 0 spiro atoms. The van der Waals surface area contributed by atoms with Crippen LogP contribution in [0.3, 0.4) is 0 Å². The van der Waals surface area contributed by atoms with E-state index in [1.807, 2.05) is 62.4 Å². The van der Waals surface area contributed by atoms with Gasteiger partial charge in [-0.2, -0.15) is 5.26 Å². The van der Waals surface area contributed by atoms with E-state index >= 15 is 0 Å². The zero-order chi connectivity index (χ0) is 16.9. The highest BCUT2D eigenvalue weighted by Gasteiger charge is 2.08. The molecule has 0 aliphatic rings. The topological polar surface area (TPSA) is 42.2 Å². The highest BCUT2D eigenvalue weighted by molar-refractivity contribution is 5.90. The van der Waals surface area contributed by atoms with Crippen LogP contribution in [-0.2, 0) is 0 Å². The third-order valence-corrected chi connectivity index (χ3v) is 3.94. The number of fused-ring (bicyclic) bond motifs is 1. The Bertz CT molecular complexity index is 909. The summed E-state index contributed by atoms with van der Waals surface area (Å²) in [6.07, 6.45) is 0. The summed E-state index contributed by atoms with van der Waals surface area (Å²) < 4.78 is 11.6. The molecule has 0 heterocycles. The Morgan fingerprint density at radius 1 is 0.875 bits per heavy atom. The molecule has 0 saturated heterocycles. The molecule has 120 valence electrons. The highest BCUT2D eigenvalue weighted by atomic mass is 16.5. The van der Waals surface area contributed by atoms with Gasteiger partial charge in [-0.05, 0) is 42.5 Å². The Labute approximate surface area is 142 Å². The SMILES string of the molecule is Cc1ccc(C)c(OCCOc2ccc3ccccc3c2C#N)c1. The Morgan fingerprint density at radius 2 is 1.62 bits per heavy atom. The molecular formula is C21H19NO2. The van der Waals surface area contributed by atoms with Crippen LogP contribution in [0.15, 0.2) is 54.6 Å². The van der Waals surface area contributed by atoms with Gasteiger partial charge in [0.15, 0.2) is 0 Å². The monoisotopic (exact) mass is 317 g/mol. The first-order valence-corrected chi connectivity index (χ1v) is 7.94. The summed E-state index contributed by atoms with van der Waals surface area (Å²) in [6, 6.07) is 20.0. The molecule has 0 fully saturated rings. The summed E-state index contributed by atoms with van der Waals surface area (Å²) in [7, 11) is 0. The number of nitrogens with zero attached hydrogens (tertiary/aromatic N) is 1. The maximum atomic E-state index is 9.46. The second-order valence-corrected chi connectivity index (χ2v) is 5.74. The van der Waals surface area contributed by atoms with Crippen molar-refractivity contribution in [2.45, 2.75) is 13.8 Å². The molecule has 3 heteroatoms. The van der Waals surface area contributed by atoms with Gasteiger partial charge in [-0.1, -0.05) is 42.5 Å². The minimum atomic E-state index is 0.389. The molecule has 0 saturated carbocycles. The van der Waals surface area contributed by atoms with Gasteiger partial charge in [-0.3, -0.25) is 0 Å². The molecule has 3 aromatic carbocycles. The first kappa shape index (κ1) is 15.9. The van der Waals surface area contributed by atoms with E-state index in [-0.39, 0.29) is 0 Å². The lowest BCUT2D eigenvalue weighted by Crippen LogP contribution is -2.10. The Balaban J connectivity index is 1.68. The second kappa shape index (κ2) is 7.06. The van der Waals surface area contributed by atoms with E-state index in [0.29, 0.717) is 24.5 Å². The van der Waals surface area contributed by atoms with Crippen LogP contribution in [-0.4, -0.2) is 13.2 Å². The summed E-state index contributed by atoms with van der Waals surface area (Å²) in [4.78, 5) is 0. The van der Waals surface area contributed by atoms with Crippen molar-refractivity contribution in [1.82, 2.24) is 0 Å². The van der Waals surface area contributed by atoms with Crippen LogP contribution in [0.2, 0.25) is 0 Å². The van der Waals surface area contributed by atoms with Crippen LogP contribution in [0.4, 0.5) is 0 Å². The number of rotatable bonds is 5. The lowest BCUT2D eigenvalue weighted by atomic mass is 10.0. The van der Waals surface area contributed by atoms with Gasteiger partial charge in [0, 0.05) is 5.39 Å². The molecular weight excluding hydrogens is 298 g/mol. The Kier molecular flexibility index (Phi) is 4.67. The van der Waals surface area contributed by atoms with Crippen LogP contribution in [0, 0.1) is 25.2 Å². The quantitative estimate of drug-likeness (QED) is 0.636. The smallest absolute Gasteiger partial charge is 0.137 e. The molecule has 0 aromatic heterocycles. The molecule has 0 amide bonds. The zero-order valence-electron chi connectivity index (χ0n) is 13.9. The van der Waals surface area contributed by atoms with Crippen LogP contribution >= 0.6 is 0 Å². The standard InChI is InChI=1S/C21H19NO2/c1-15-7-8-16(2)21(13-15)24-12-11-23-20-10-9-17-5-3-4-6-18(17)19(20)14-22/h3-10,13H,11-12H2,1-2H3. The minimum absolute atomic E-state index is 0.389. The normalized spacial score (nSPS) is 10.4. The van der Waals surface area contributed by atoms with Gasteiger partial charge in [0.2, 0.25) is 0 Å². The fourth-order valence-electron chi connectivity index (χ4n) is 2.65. The molecule has 0 bridgehead atoms. The lowest BCUT2D eigenvalue weighted by Gasteiger charge is -2.12. The van der Waals surface area contributed by atoms with Gasteiger partial charge in [-0.25, -0.2) is 0 Å². The molecule has 0 aliphatic heterocycles. The molecule has 3 aromatic rings. The van der Waals surface area contributed by atoms with Gasteiger partial charge >= 0.3 is 0 Å². The largest absolute Gasteiger partial charge is 0.490 e. The predicted octanol–water partition coefficient (Wildman–Crippen LogP) is 4.79. The van der Waals surface area contributed by atoms with E-state index in [1.165, 1.54) is 0 Å². The minimum Gasteiger partial charge on any atom is -0.490 e. The summed E-state index contributed by atoms with van der Waals surface area (Å²) >= 11 is 0. The second-order valence-electron chi connectivity index (χ2n) is 5.74. The van der Waals surface area contributed by atoms with Crippen molar-refractivity contribution < 1.29 is 9.47 Å². The van der Waals surface area contributed by atoms with Crippen molar-refractivity contribution in [3.05, 3.63) is 71.3 Å². The van der Waals surface area contributed by atoms with Crippen molar-refractivity contribution in [1.29, 1.82) is 5.26 Å². The molecule has 3 nitrogen and oxygen atoms in total. The first-order valence-electron chi connectivity index (χ1n) is 7.94. The fourth-order valence-corrected chi connectivity index (χ4v) is 2.65. The molecule has 0 N–H and O–H groups in total. The highest BCUT2D eigenvalue weighted by Crippen LogP contribution is 2.27. The zero-order valence-corrected chi connectivity index (χ0v) is 13.9. The Morgan fingerprint density at radius 3 is 2.42 bits per heavy atom. The molecule has 0 atom stereocenters. The number of hydrogen-bond acceptors (Lipinski definition) is 3. The van der Waals surface area contributed by atoms with Crippen molar-refractivity contribution in [3.8, 4) is 17.6 Å². The third kappa shape index (κ3) is 3.33. The first-order chi connectivity index (χ1) is 11.7. The van der Waals surface area contributed by atoms with E-state index in [0.717, 1.165) is 27.6 Å². The van der Waals surface area contributed by atoms with E-state index < -0.39 is 0 Å². The average molecular weight is 317 g/mol. The fraction of sp³-hybridized carbons (Fsp3) is 0.190. The number of ether oxygens (including phenoxy) is 2. The van der Waals surface area contributed by atoms with Gasteiger partial charge in [-0.15, -0.1) is 0 Å². The molecule has 24 heavy (non-hydrogen) atoms. The molecule has 0 unspecified atom stereocenters. The van der Waals surface area contributed by atoms with Crippen molar-refractivity contribution in [3.63, 3.8) is 0 Å². The van der Waals surface area contributed by atoms with Crippen molar-refractivity contribution >= 4 is 10.8 Å². The van der Waals surface area contributed by atoms with Gasteiger partial charge < -0.3 is 9.47 Å². The predicted molar refractivity (Wildman–Crippen MR) is 95.6 cm³/mol. The maximum Gasteiger partial charge on any atom is 0.137 e. The van der Waals surface area contributed by atoms with Gasteiger partial charge in [0.05, 0.1) is 0 Å². The van der Waals surface area contributed by atoms with E-state index in [1.54, 1.807) is 0 Å². The summed E-state index contributed by atoms with van der Waals surface area (Å²) in [5.41, 5.74) is 2.83. The summed E-state index contributed by atoms with van der Waals surface area (Å²) in [5.74, 6) is 1.47. The van der Waals surface area contributed by atoms with Crippen molar-refractivity contribution in [2.24, 2.45) is 0 Å². The van der Waals surface area contributed by atoms with Crippen LogP contribution in [0.5, 0.6) is 11.5 Å². The summed E-state index contributed by atoms with van der Waals surface area (Å²) in [5, 5.41) is 11.4. The number of aryl methyl sites for hydroxylation is 2. The number of hydrogen-bond donors (Lipinski definition) is 0. The van der Waals surface area contributed by atoms with E-state index in [2.05, 4.69) is 12.1 Å². The number of nitriles is 1. The lowest BCUT2D eigenvalue weighted by molar-refractivity contribution is 0.216. The van der Waals surface area contributed by atoms with E-state index in [9.17, 15) is 5.26 Å². The maximum absolute atomic E-state index is 9.46. The van der Waals surface area contributed by atoms with Crippen LogP contribution in [0.25, 0.3) is 10.8 Å². The van der Waals surface area contributed by atoms with Crippen molar-refractivity contribution in [2.75, 3.05) is 13.2 Å². The summed E-state index contributed by atoms with van der Waals surface area (Å²) in [6.45, 7) is 4.88. The van der Waals surface area contributed by atoms with Crippen LogP contribution in [0.1, 0.15) is 16.7 Å². The Hall–Kier alpha value is -2.99. The van der Waals surface area contributed by atoms with Gasteiger partial charge in [0.1, 0.15) is 36.3 Å². The molecule has 3 rings (SSSR count). The third-order valence-electron chi connectivity index (χ3n) is 3.94. The molecule has 0 aliphatic carbocycles. The number of benzene rings is 3.